The van der Waals surface area contributed by atoms with Crippen LogP contribution in [0.25, 0.3) is 21.7 Å². The fourth-order valence-electron chi connectivity index (χ4n) is 5.18. The number of hydrogen-bond acceptors (Lipinski definition) is 2. The van der Waals surface area contributed by atoms with Gasteiger partial charge in [-0.15, -0.1) is 0 Å². The van der Waals surface area contributed by atoms with E-state index in [2.05, 4.69) is 72.0 Å². The number of rotatable bonds is 1. The van der Waals surface area contributed by atoms with Gasteiger partial charge in [0, 0.05) is 22.4 Å². The van der Waals surface area contributed by atoms with Crippen LogP contribution in [0.3, 0.4) is 0 Å². The second kappa shape index (κ2) is 5.07. The van der Waals surface area contributed by atoms with Crippen LogP contribution >= 0.6 is 0 Å². The maximum absolute atomic E-state index is 9.44. The van der Waals surface area contributed by atoms with Crippen LogP contribution in [0.15, 0.2) is 36.5 Å². The van der Waals surface area contributed by atoms with E-state index in [-0.39, 0.29) is 16.2 Å². The van der Waals surface area contributed by atoms with Crippen molar-refractivity contribution in [2.75, 3.05) is 0 Å². The summed E-state index contributed by atoms with van der Waals surface area (Å²) in [4.78, 5) is 4.92. The van der Waals surface area contributed by atoms with Crippen LogP contribution in [0.4, 0.5) is 0 Å². The molecule has 1 unspecified atom stereocenters. The van der Waals surface area contributed by atoms with Crippen LogP contribution in [-0.4, -0.2) is 4.98 Å². The van der Waals surface area contributed by atoms with E-state index in [0.717, 1.165) is 22.7 Å². The molecular formula is C24H26N2. The highest BCUT2D eigenvalue weighted by Crippen LogP contribution is 2.64. The van der Waals surface area contributed by atoms with E-state index >= 15 is 0 Å². The SMILES string of the molecule is CCC1(C)c2cnc3c(ccc4c(C#N)cccc43)c2C(C)(C)C1(C)C. The third-order valence-corrected chi connectivity index (χ3v) is 7.88. The minimum Gasteiger partial charge on any atom is -0.255 e. The first-order valence-corrected chi connectivity index (χ1v) is 9.46. The van der Waals surface area contributed by atoms with Crippen molar-refractivity contribution < 1.29 is 0 Å². The molecule has 1 atom stereocenters. The van der Waals surface area contributed by atoms with Crippen LogP contribution in [0.1, 0.15) is 64.7 Å². The van der Waals surface area contributed by atoms with Gasteiger partial charge in [0.2, 0.25) is 0 Å². The molecule has 0 fully saturated rings. The van der Waals surface area contributed by atoms with Gasteiger partial charge in [0.15, 0.2) is 0 Å². The summed E-state index contributed by atoms with van der Waals surface area (Å²) in [5.74, 6) is 0. The number of pyridine rings is 1. The molecule has 0 radical (unpaired) electrons. The summed E-state index contributed by atoms with van der Waals surface area (Å²) < 4.78 is 0. The van der Waals surface area contributed by atoms with E-state index in [4.69, 9.17) is 4.98 Å². The molecule has 1 heterocycles. The number of benzene rings is 2. The number of fused-ring (bicyclic) bond motifs is 5. The molecule has 0 N–H and O–H groups in total. The fourth-order valence-corrected chi connectivity index (χ4v) is 5.18. The molecule has 132 valence electrons. The molecule has 2 heteroatoms. The van der Waals surface area contributed by atoms with Gasteiger partial charge in [-0.2, -0.15) is 5.26 Å². The van der Waals surface area contributed by atoms with E-state index in [1.165, 1.54) is 16.5 Å². The predicted molar refractivity (Wildman–Crippen MR) is 108 cm³/mol. The number of hydrogen-bond donors (Lipinski definition) is 0. The minimum absolute atomic E-state index is 0.0365. The highest BCUT2D eigenvalue weighted by Gasteiger charge is 2.58. The third kappa shape index (κ3) is 1.74. The van der Waals surface area contributed by atoms with E-state index in [1.807, 2.05) is 12.1 Å². The maximum atomic E-state index is 9.44. The summed E-state index contributed by atoms with van der Waals surface area (Å²) in [6.07, 6.45) is 3.20. The average Bonchev–Trinajstić information content (AvgIpc) is 2.76. The van der Waals surface area contributed by atoms with E-state index in [0.29, 0.717) is 5.56 Å². The second-order valence-electron chi connectivity index (χ2n) is 8.96. The summed E-state index contributed by atoms with van der Waals surface area (Å²) in [5, 5.41) is 12.7. The molecule has 0 bridgehead atoms. The van der Waals surface area contributed by atoms with Gasteiger partial charge in [-0.1, -0.05) is 65.8 Å². The van der Waals surface area contributed by atoms with E-state index in [9.17, 15) is 5.26 Å². The molecule has 0 saturated heterocycles. The highest BCUT2D eigenvalue weighted by molar-refractivity contribution is 6.08. The van der Waals surface area contributed by atoms with Crippen molar-refractivity contribution in [1.29, 1.82) is 5.26 Å². The molecule has 4 rings (SSSR count). The lowest BCUT2D eigenvalue weighted by molar-refractivity contribution is 0.108. The Hall–Kier alpha value is -2.40. The number of nitrogens with zero attached hydrogens (tertiary/aromatic N) is 2. The monoisotopic (exact) mass is 342 g/mol. The zero-order chi connectivity index (χ0) is 18.9. The third-order valence-electron chi connectivity index (χ3n) is 7.88. The Bertz CT molecular complexity index is 1100. The van der Waals surface area contributed by atoms with E-state index in [1.54, 1.807) is 0 Å². The molecule has 2 nitrogen and oxygen atoms in total. The first kappa shape index (κ1) is 17.0. The first-order chi connectivity index (χ1) is 12.2. The van der Waals surface area contributed by atoms with E-state index < -0.39 is 0 Å². The number of nitriles is 1. The van der Waals surface area contributed by atoms with Crippen molar-refractivity contribution in [2.24, 2.45) is 5.41 Å². The summed E-state index contributed by atoms with van der Waals surface area (Å²) in [6.45, 7) is 14.2. The fraction of sp³-hybridized carbons (Fsp3) is 0.417. The zero-order valence-corrected chi connectivity index (χ0v) is 16.6. The predicted octanol–water partition coefficient (Wildman–Crippen LogP) is 6.24. The summed E-state index contributed by atoms with van der Waals surface area (Å²) in [7, 11) is 0. The Morgan fingerprint density at radius 1 is 0.962 bits per heavy atom. The standard InChI is InChI=1S/C24H26N2/c1-7-24(6)19-14-26-21-17-10-8-9-15(13-25)16(17)11-12-18(21)20(19)22(2,3)23(24,4)5/h8-12,14H,7H2,1-6H3. The average molecular weight is 342 g/mol. The van der Waals surface area contributed by atoms with Gasteiger partial charge < -0.3 is 0 Å². The van der Waals surface area contributed by atoms with Crippen molar-refractivity contribution in [3.63, 3.8) is 0 Å². The Labute approximate surface area is 155 Å². The van der Waals surface area contributed by atoms with Gasteiger partial charge in [0.1, 0.15) is 0 Å². The molecule has 0 spiro atoms. The van der Waals surface area contributed by atoms with Crippen molar-refractivity contribution in [1.82, 2.24) is 4.98 Å². The Morgan fingerprint density at radius 2 is 1.65 bits per heavy atom. The lowest BCUT2D eigenvalue weighted by atomic mass is 9.57. The van der Waals surface area contributed by atoms with Gasteiger partial charge in [0.05, 0.1) is 17.1 Å². The smallest absolute Gasteiger partial charge is 0.0998 e. The number of aromatic nitrogens is 1. The normalized spacial score (nSPS) is 23.1. The summed E-state index contributed by atoms with van der Waals surface area (Å²) >= 11 is 0. The Balaban J connectivity index is 2.19. The van der Waals surface area contributed by atoms with Crippen LogP contribution in [0, 0.1) is 16.7 Å². The largest absolute Gasteiger partial charge is 0.255 e. The molecule has 3 aromatic rings. The minimum atomic E-state index is 0.0365. The topological polar surface area (TPSA) is 36.7 Å². The van der Waals surface area contributed by atoms with Crippen molar-refractivity contribution >= 4 is 21.7 Å². The summed E-state index contributed by atoms with van der Waals surface area (Å²) in [5.41, 5.74) is 4.80. The molecule has 2 aromatic carbocycles. The Morgan fingerprint density at radius 3 is 2.31 bits per heavy atom. The lowest BCUT2D eigenvalue weighted by Gasteiger charge is -2.46. The first-order valence-electron chi connectivity index (χ1n) is 9.46. The molecular weight excluding hydrogens is 316 g/mol. The molecule has 0 aliphatic heterocycles. The second-order valence-corrected chi connectivity index (χ2v) is 8.96. The van der Waals surface area contributed by atoms with Crippen LogP contribution in [-0.2, 0) is 10.8 Å². The molecule has 1 aliphatic rings. The molecule has 1 aliphatic carbocycles. The Kier molecular flexibility index (Phi) is 3.32. The van der Waals surface area contributed by atoms with Crippen LogP contribution < -0.4 is 0 Å². The lowest BCUT2D eigenvalue weighted by Crippen LogP contribution is -2.43. The van der Waals surface area contributed by atoms with Crippen molar-refractivity contribution in [3.8, 4) is 6.07 Å². The quantitative estimate of drug-likeness (QED) is 0.490. The van der Waals surface area contributed by atoms with Gasteiger partial charge in [0.25, 0.3) is 0 Å². The van der Waals surface area contributed by atoms with Crippen molar-refractivity contribution in [3.05, 3.63) is 53.2 Å². The van der Waals surface area contributed by atoms with Gasteiger partial charge in [-0.3, -0.25) is 4.98 Å². The molecule has 26 heavy (non-hydrogen) atoms. The van der Waals surface area contributed by atoms with Crippen LogP contribution in [0.2, 0.25) is 0 Å². The maximum Gasteiger partial charge on any atom is 0.0998 e. The molecule has 0 saturated carbocycles. The zero-order valence-electron chi connectivity index (χ0n) is 16.6. The van der Waals surface area contributed by atoms with Crippen LogP contribution in [0.5, 0.6) is 0 Å². The van der Waals surface area contributed by atoms with Crippen molar-refractivity contribution in [2.45, 2.75) is 58.8 Å². The molecule has 0 amide bonds. The van der Waals surface area contributed by atoms with Gasteiger partial charge >= 0.3 is 0 Å². The highest BCUT2D eigenvalue weighted by atomic mass is 14.7. The van der Waals surface area contributed by atoms with Gasteiger partial charge in [-0.05, 0) is 39.9 Å². The molecule has 1 aromatic heterocycles. The summed E-state index contributed by atoms with van der Waals surface area (Å²) in [6, 6.07) is 12.5. The van der Waals surface area contributed by atoms with Gasteiger partial charge in [-0.25, -0.2) is 0 Å².